The van der Waals surface area contributed by atoms with Crippen molar-refractivity contribution < 1.29 is 14.4 Å². The van der Waals surface area contributed by atoms with Gasteiger partial charge in [-0.1, -0.05) is 66.2 Å². The summed E-state index contributed by atoms with van der Waals surface area (Å²) in [7, 11) is 0. The Balaban J connectivity index is 1.60. The molecule has 0 N–H and O–H groups in total. The Morgan fingerprint density at radius 3 is 2.20 bits per heavy atom. The summed E-state index contributed by atoms with van der Waals surface area (Å²) in [5.41, 5.74) is 2.91. The van der Waals surface area contributed by atoms with E-state index in [0.717, 1.165) is 11.3 Å². The number of carbonyl (C=O) groups is 2. The molecule has 2 aliphatic heterocycles. The highest BCUT2D eigenvalue weighted by atomic mass is 35.5. The molecule has 2 fully saturated rings. The quantitative estimate of drug-likeness (QED) is 0.578. The first-order valence-corrected chi connectivity index (χ1v) is 10.1. The van der Waals surface area contributed by atoms with Crippen LogP contribution in [-0.2, 0) is 14.4 Å². The summed E-state index contributed by atoms with van der Waals surface area (Å²) in [5.74, 6) is -1.30. The second-order valence-corrected chi connectivity index (χ2v) is 7.87. The average molecular weight is 419 g/mol. The number of rotatable bonds is 3. The van der Waals surface area contributed by atoms with Gasteiger partial charge in [0.25, 0.3) is 5.91 Å². The van der Waals surface area contributed by atoms with Gasteiger partial charge in [0.05, 0.1) is 17.4 Å². The zero-order valence-electron chi connectivity index (χ0n) is 16.2. The van der Waals surface area contributed by atoms with Gasteiger partial charge in [-0.3, -0.25) is 14.4 Å². The molecule has 3 atom stereocenters. The number of hydrogen-bond donors (Lipinski definition) is 0. The molecule has 5 nitrogen and oxygen atoms in total. The van der Waals surface area contributed by atoms with Gasteiger partial charge in [0.15, 0.2) is 6.10 Å². The van der Waals surface area contributed by atoms with Crippen LogP contribution in [0.2, 0.25) is 5.02 Å². The molecule has 0 saturated carbocycles. The van der Waals surface area contributed by atoms with Crippen molar-refractivity contribution in [2.24, 2.45) is 5.92 Å². The van der Waals surface area contributed by atoms with Crippen molar-refractivity contribution in [2.75, 3.05) is 9.96 Å². The van der Waals surface area contributed by atoms with E-state index >= 15 is 0 Å². The van der Waals surface area contributed by atoms with Crippen molar-refractivity contribution in [2.45, 2.75) is 19.1 Å². The molecule has 2 heterocycles. The average Bonchev–Trinajstić information content (AvgIpc) is 3.28. The van der Waals surface area contributed by atoms with Crippen molar-refractivity contribution in [1.82, 2.24) is 0 Å². The minimum Gasteiger partial charge on any atom is -0.273 e. The molecule has 0 radical (unpaired) electrons. The Morgan fingerprint density at radius 2 is 1.50 bits per heavy atom. The molecule has 2 saturated heterocycles. The number of anilines is 2. The molecule has 5 rings (SSSR count). The maximum absolute atomic E-state index is 13.6. The third kappa shape index (κ3) is 2.82. The number of para-hydroxylation sites is 1. The number of carbonyl (C=O) groups excluding carboxylic acids is 2. The second-order valence-electron chi connectivity index (χ2n) is 7.46. The van der Waals surface area contributed by atoms with Gasteiger partial charge in [0.1, 0.15) is 5.92 Å². The Morgan fingerprint density at radius 1 is 0.833 bits per heavy atom. The number of amides is 2. The van der Waals surface area contributed by atoms with Crippen molar-refractivity contribution in [3.63, 3.8) is 0 Å². The number of fused-ring (bicyclic) bond motifs is 1. The summed E-state index contributed by atoms with van der Waals surface area (Å²) in [6.45, 7) is 1.80. The smallest absolute Gasteiger partial charge is 0.266 e. The van der Waals surface area contributed by atoms with Crippen molar-refractivity contribution >= 4 is 34.8 Å². The summed E-state index contributed by atoms with van der Waals surface area (Å²) in [5, 5.41) is 2.21. The van der Waals surface area contributed by atoms with E-state index in [1.807, 2.05) is 60.7 Å². The highest BCUT2D eigenvalue weighted by Crippen LogP contribution is 2.48. The number of hydrogen-bond acceptors (Lipinski definition) is 4. The standard InChI is InChI=1S/C24H19ClN2O3/c1-15-18(25)13-8-14-19(15)26-23(28)20-21(16-9-4-2-5-10-16)27(30-22(20)24(26)29)17-11-6-3-7-12-17/h2-14,20-22H,1H3/t20-,21-,22+/m1/s1. The topological polar surface area (TPSA) is 49.9 Å². The maximum atomic E-state index is 13.6. The first-order chi connectivity index (χ1) is 14.6. The lowest BCUT2D eigenvalue weighted by Crippen LogP contribution is -2.37. The second kappa shape index (κ2) is 7.27. The summed E-state index contributed by atoms with van der Waals surface area (Å²) in [6.07, 6.45) is -0.888. The fraction of sp³-hybridized carbons (Fsp3) is 0.167. The van der Waals surface area contributed by atoms with Gasteiger partial charge in [0, 0.05) is 5.02 Å². The van der Waals surface area contributed by atoms with E-state index in [9.17, 15) is 9.59 Å². The summed E-state index contributed by atoms with van der Waals surface area (Å²) in [4.78, 5) is 34.3. The Kier molecular flexibility index (Phi) is 4.57. The lowest BCUT2D eigenvalue weighted by atomic mass is 9.90. The van der Waals surface area contributed by atoms with Crippen LogP contribution in [0.5, 0.6) is 0 Å². The van der Waals surface area contributed by atoms with E-state index < -0.39 is 18.1 Å². The molecule has 6 heteroatoms. The van der Waals surface area contributed by atoms with E-state index in [0.29, 0.717) is 16.3 Å². The monoisotopic (exact) mass is 418 g/mol. The van der Waals surface area contributed by atoms with Gasteiger partial charge in [-0.15, -0.1) is 0 Å². The molecule has 0 aromatic heterocycles. The van der Waals surface area contributed by atoms with Crippen LogP contribution >= 0.6 is 11.6 Å². The highest BCUT2D eigenvalue weighted by molar-refractivity contribution is 6.32. The normalized spacial score (nSPS) is 23.2. The number of benzene rings is 3. The third-order valence-electron chi connectivity index (χ3n) is 5.75. The largest absolute Gasteiger partial charge is 0.273 e. The van der Waals surface area contributed by atoms with Gasteiger partial charge < -0.3 is 0 Å². The molecule has 0 aliphatic carbocycles. The number of imide groups is 1. The summed E-state index contributed by atoms with van der Waals surface area (Å²) in [6, 6.07) is 24.0. The van der Waals surface area contributed by atoms with Crippen LogP contribution in [-0.4, -0.2) is 17.9 Å². The molecule has 3 aromatic carbocycles. The molecular weight excluding hydrogens is 400 g/mol. The zero-order chi connectivity index (χ0) is 20.8. The van der Waals surface area contributed by atoms with E-state index in [1.54, 1.807) is 30.2 Å². The Hall–Kier alpha value is -3.15. The van der Waals surface area contributed by atoms with Crippen molar-refractivity contribution in [3.8, 4) is 0 Å². The molecule has 0 bridgehead atoms. The van der Waals surface area contributed by atoms with Crippen molar-refractivity contribution in [1.29, 1.82) is 0 Å². The van der Waals surface area contributed by atoms with Crippen molar-refractivity contribution in [3.05, 3.63) is 95.0 Å². The van der Waals surface area contributed by atoms with Gasteiger partial charge in [-0.05, 0) is 42.3 Å². The predicted molar refractivity (Wildman–Crippen MR) is 115 cm³/mol. The number of hydroxylamine groups is 1. The minimum absolute atomic E-state index is 0.275. The highest BCUT2D eigenvalue weighted by Gasteiger charge is 2.60. The molecule has 2 amide bonds. The fourth-order valence-corrected chi connectivity index (χ4v) is 4.45. The van der Waals surface area contributed by atoms with Gasteiger partial charge >= 0.3 is 0 Å². The Bertz CT molecular complexity index is 1120. The van der Waals surface area contributed by atoms with Crippen LogP contribution in [0.3, 0.4) is 0 Å². The lowest BCUT2D eigenvalue weighted by Gasteiger charge is -2.29. The maximum Gasteiger partial charge on any atom is 0.266 e. The number of nitrogens with zero attached hydrogens (tertiary/aromatic N) is 2. The lowest BCUT2D eigenvalue weighted by molar-refractivity contribution is -0.126. The molecule has 0 unspecified atom stereocenters. The Labute approximate surface area is 179 Å². The van der Waals surface area contributed by atoms with Crippen LogP contribution in [0.4, 0.5) is 11.4 Å². The third-order valence-corrected chi connectivity index (χ3v) is 6.16. The molecular formula is C24H19ClN2O3. The van der Waals surface area contributed by atoms with Crippen LogP contribution < -0.4 is 9.96 Å². The number of halogens is 1. The van der Waals surface area contributed by atoms with Crippen LogP contribution in [0.1, 0.15) is 17.2 Å². The van der Waals surface area contributed by atoms with E-state index in [1.165, 1.54) is 4.90 Å². The molecule has 0 spiro atoms. The van der Waals surface area contributed by atoms with Gasteiger partial charge in [-0.2, -0.15) is 0 Å². The molecule has 3 aromatic rings. The van der Waals surface area contributed by atoms with E-state index in [4.69, 9.17) is 16.4 Å². The summed E-state index contributed by atoms with van der Waals surface area (Å²) >= 11 is 6.25. The molecule has 30 heavy (non-hydrogen) atoms. The molecule has 2 aliphatic rings. The van der Waals surface area contributed by atoms with Gasteiger partial charge in [0.2, 0.25) is 5.91 Å². The van der Waals surface area contributed by atoms with E-state index in [-0.39, 0.29) is 11.8 Å². The summed E-state index contributed by atoms with van der Waals surface area (Å²) < 4.78 is 0. The predicted octanol–water partition coefficient (Wildman–Crippen LogP) is 4.70. The zero-order valence-corrected chi connectivity index (χ0v) is 17.0. The van der Waals surface area contributed by atoms with Crippen LogP contribution in [0, 0.1) is 12.8 Å². The molecule has 150 valence electrons. The van der Waals surface area contributed by atoms with E-state index in [2.05, 4.69) is 0 Å². The van der Waals surface area contributed by atoms with Gasteiger partial charge in [-0.25, -0.2) is 9.96 Å². The SMILES string of the molecule is Cc1c(Cl)cccc1N1C(=O)[C@H]2[C@H](ON(c3ccccc3)[C@@H]2c2ccccc2)C1=O. The first kappa shape index (κ1) is 18.9. The minimum atomic E-state index is -0.888. The van der Waals surface area contributed by atoms with Crippen LogP contribution in [0.25, 0.3) is 0 Å². The first-order valence-electron chi connectivity index (χ1n) is 9.77. The van der Waals surface area contributed by atoms with Crippen LogP contribution in [0.15, 0.2) is 78.9 Å². The fourth-order valence-electron chi connectivity index (χ4n) is 4.28.